The van der Waals surface area contributed by atoms with Gasteiger partial charge in [-0.25, -0.2) is 19.9 Å². The van der Waals surface area contributed by atoms with Crippen LogP contribution in [0.3, 0.4) is 0 Å². The summed E-state index contributed by atoms with van der Waals surface area (Å²) < 4.78 is 26.2. The molecule has 0 saturated carbocycles. The van der Waals surface area contributed by atoms with E-state index in [-0.39, 0.29) is 36.1 Å². The van der Waals surface area contributed by atoms with Crippen LogP contribution >= 0.6 is 37.0 Å². The molecule has 0 radical (unpaired) electrons. The van der Waals surface area contributed by atoms with Crippen molar-refractivity contribution in [3.63, 3.8) is 0 Å². The van der Waals surface area contributed by atoms with Gasteiger partial charge in [-0.15, -0.1) is 23.5 Å². The second-order valence-electron chi connectivity index (χ2n) is 10.1. The predicted octanol–water partition coefficient (Wildman–Crippen LogP) is -0.676. The molecular formula is C20H24N10O9P2S4. The maximum atomic E-state index is 12.4. The molecule has 0 spiro atoms. The van der Waals surface area contributed by atoms with Gasteiger partial charge in [0.1, 0.15) is 40.9 Å². The van der Waals surface area contributed by atoms with Gasteiger partial charge >= 0.3 is 13.4 Å². The molecular weight excluding hydrogens is 714 g/mol. The van der Waals surface area contributed by atoms with Gasteiger partial charge in [-0.1, -0.05) is 0 Å². The Kier molecular flexibility index (Phi) is 8.26. The Hall–Kier alpha value is -1.82. The minimum atomic E-state index is -4.10. The third kappa shape index (κ3) is 5.82. The van der Waals surface area contributed by atoms with Crippen molar-refractivity contribution in [2.45, 2.75) is 45.7 Å². The summed E-state index contributed by atoms with van der Waals surface area (Å²) in [6.07, 6.45) is -0.982. The van der Waals surface area contributed by atoms with Gasteiger partial charge in [0.25, 0.3) is 5.56 Å². The van der Waals surface area contributed by atoms with Crippen LogP contribution in [0.5, 0.6) is 0 Å². The fraction of sp³-hybridized carbons (Fsp3) is 0.500. The van der Waals surface area contributed by atoms with E-state index in [0.29, 0.717) is 11.2 Å². The Bertz CT molecular complexity index is 1950. The smallest absolute Gasteiger partial charge is 0.325 e. The van der Waals surface area contributed by atoms with Crippen LogP contribution in [-0.2, 0) is 41.7 Å². The van der Waals surface area contributed by atoms with Crippen LogP contribution in [0, 0.1) is 0 Å². The van der Waals surface area contributed by atoms with Crippen LogP contribution in [0.1, 0.15) is 10.7 Å². The second-order valence-corrected chi connectivity index (χ2v) is 18.4. The van der Waals surface area contributed by atoms with Crippen LogP contribution in [0.4, 0.5) is 11.8 Å². The average Bonchev–Trinajstić information content (AvgIpc) is 3.72. The summed E-state index contributed by atoms with van der Waals surface area (Å²) in [5, 5.41) is 19.5. The van der Waals surface area contributed by atoms with Crippen LogP contribution < -0.4 is 17.0 Å². The number of hydrogen-bond acceptors (Lipinski definition) is 18. The van der Waals surface area contributed by atoms with Crippen molar-refractivity contribution in [2.75, 3.05) is 24.7 Å². The summed E-state index contributed by atoms with van der Waals surface area (Å²) in [5.41, 5.74) is 11.9. The number of nitrogens with one attached hydrogen (secondary N) is 1. The van der Waals surface area contributed by atoms with Crippen LogP contribution in [0.25, 0.3) is 22.3 Å². The monoisotopic (exact) mass is 738 g/mol. The molecule has 3 fully saturated rings. The van der Waals surface area contributed by atoms with Gasteiger partial charge in [-0.3, -0.25) is 23.4 Å². The molecule has 3 aliphatic heterocycles. The lowest BCUT2D eigenvalue weighted by Crippen LogP contribution is -2.35. The quantitative estimate of drug-likeness (QED) is 0.126. The van der Waals surface area contributed by atoms with Crippen molar-refractivity contribution >= 4 is 94.7 Å². The van der Waals surface area contributed by atoms with Gasteiger partial charge in [0, 0.05) is 0 Å². The number of imidazole rings is 2. The zero-order valence-electron chi connectivity index (χ0n) is 22.4. The first-order valence-electron chi connectivity index (χ1n) is 13.0. The SMILES string of the molecule is Nc1nc2c(ncn2C2SC3COP(O)(=S)OC4C(COP(O)(=S)OC2C3O)SC(n2cnc3c(N)ncnc32)C4O)c(=O)[nH]1. The summed E-state index contributed by atoms with van der Waals surface area (Å²) in [6.45, 7) is -8.78. The molecule has 2 bridgehead atoms. The number of fused-ring (bicyclic) bond motifs is 5. The van der Waals surface area contributed by atoms with Crippen molar-refractivity contribution in [1.82, 2.24) is 39.0 Å². The van der Waals surface area contributed by atoms with Gasteiger partial charge in [0.2, 0.25) is 5.95 Å². The van der Waals surface area contributed by atoms with Crippen LogP contribution in [0.15, 0.2) is 23.8 Å². The summed E-state index contributed by atoms with van der Waals surface area (Å²) in [4.78, 5) is 57.7. The van der Waals surface area contributed by atoms with E-state index < -0.39 is 64.7 Å². The molecule has 4 aromatic rings. The Labute approximate surface area is 270 Å². The highest BCUT2D eigenvalue weighted by Gasteiger charge is 2.52. The van der Waals surface area contributed by atoms with E-state index in [4.69, 9.17) is 53.2 Å². The largest absolute Gasteiger partial charge is 0.389 e. The standard InChI is InChI=1S/C20H24N10O9P2S4/c21-14-8-15(24-3-23-14)29(4-25-8)18-11(32)12-7(45-18)2-37-41(35,43)39-13-10(31)6(1-36-40(34,42)38-12)44-19(13)30-5-26-9-16(30)27-20(22)28-17(9)33/h3-7,10-13,18-19,31-32H,1-2H2,(H,34,42)(H,35,43)(H2,21,23,24)(H3,22,27,28,33). The summed E-state index contributed by atoms with van der Waals surface area (Å²) in [5.74, 6) is -0.00628. The average molecular weight is 739 g/mol. The van der Waals surface area contributed by atoms with Crippen molar-refractivity contribution in [1.29, 1.82) is 0 Å². The topological polar surface area (TPSA) is 277 Å². The molecule has 0 aromatic carbocycles. The molecule has 10 unspecified atom stereocenters. The summed E-state index contributed by atoms with van der Waals surface area (Å²) in [7, 11) is 0. The Morgan fingerprint density at radius 1 is 0.867 bits per heavy atom. The lowest BCUT2D eigenvalue weighted by atomic mass is 10.1. The van der Waals surface area contributed by atoms with Crippen molar-refractivity contribution in [3.8, 4) is 0 Å². The first kappa shape index (κ1) is 31.8. The number of H-pyrrole nitrogens is 1. The van der Waals surface area contributed by atoms with Gasteiger partial charge < -0.3 is 45.0 Å². The highest BCUT2D eigenvalue weighted by atomic mass is 32.5. The lowest BCUT2D eigenvalue weighted by molar-refractivity contribution is 0.0152. The van der Waals surface area contributed by atoms with E-state index >= 15 is 0 Å². The molecule has 3 saturated heterocycles. The molecule has 10 atom stereocenters. The van der Waals surface area contributed by atoms with Gasteiger partial charge in [0.15, 0.2) is 22.6 Å². The number of aromatic amines is 1. The number of hydrogen-bond donors (Lipinski definition) is 7. The highest BCUT2D eigenvalue weighted by molar-refractivity contribution is 8.07. The predicted molar refractivity (Wildman–Crippen MR) is 170 cm³/mol. The number of aliphatic hydroxyl groups is 2. The summed E-state index contributed by atoms with van der Waals surface area (Å²) in [6, 6.07) is 0. The number of rotatable bonds is 2. The normalized spacial score (nSPS) is 37.7. The fourth-order valence-electron chi connectivity index (χ4n) is 5.30. The number of anilines is 2. The van der Waals surface area contributed by atoms with E-state index in [1.165, 1.54) is 35.3 Å². The van der Waals surface area contributed by atoms with Crippen LogP contribution in [0.2, 0.25) is 0 Å². The molecule has 7 rings (SSSR count). The lowest BCUT2D eigenvalue weighted by Gasteiger charge is -2.28. The minimum Gasteiger partial charge on any atom is -0.389 e. The fourth-order valence-corrected chi connectivity index (χ4v) is 11.5. The van der Waals surface area contributed by atoms with E-state index in [1.54, 1.807) is 4.57 Å². The van der Waals surface area contributed by atoms with E-state index in [2.05, 4.69) is 29.9 Å². The molecule has 4 aromatic heterocycles. The van der Waals surface area contributed by atoms with Crippen molar-refractivity contribution in [3.05, 3.63) is 29.3 Å². The van der Waals surface area contributed by atoms with Crippen molar-refractivity contribution < 1.29 is 38.1 Å². The molecule has 45 heavy (non-hydrogen) atoms. The number of aliphatic hydroxyl groups excluding tert-OH is 2. The number of nitrogens with zero attached hydrogens (tertiary/aromatic N) is 7. The molecule has 9 N–H and O–H groups in total. The molecule has 19 nitrogen and oxygen atoms in total. The first-order valence-corrected chi connectivity index (χ1v) is 20.0. The van der Waals surface area contributed by atoms with Crippen LogP contribution in [-0.4, -0.2) is 107 Å². The zero-order chi connectivity index (χ0) is 31.8. The first-order chi connectivity index (χ1) is 21.3. The molecule has 3 aliphatic rings. The third-order valence-corrected chi connectivity index (χ3v) is 13.5. The van der Waals surface area contributed by atoms with Gasteiger partial charge in [-0.05, 0) is 23.6 Å². The second kappa shape index (κ2) is 11.7. The molecule has 0 amide bonds. The van der Waals surface area contributed by atoms with Crippen molar-refractivity contribution in [2.24, 2.45) is 0 Å². The van der Waals surface area contributed by atoms with E-state index in [0.717, 1.165) is 11.8 Å². The van der Waals surface area contributed by atoms with Gasteiger partial charge in [-0.2, -0.15) is 4.98 Å². The Balaban J connectivity index is 1.21. The number of nitrogen functional groups attached to an aromatic ring is 2. The minimum absolute atomic E-state index is 0.0108. The number of aromatic nitrogens is 8. The van der Waals surface area contributed by atoms with Gasteiger partial charge in [0.05, 0.1) is 42.5 Å². The maximum absolute atomic E-state index is 12.4. The molecule has 7 heterocycles. The molecule has 25 heteroatoms. The highest BCUT2D eigenvalue weighted by Crippen LogP contribution is 2.58. The zero-order valence-corrected chi connectivity index (χ0v) is 27.5. The third-order valence-electron chi connectivity index (χ3n) is 7.32. The summed E-state index contributed by atoms with van der Waals surface area (Å²) >= 11 is 12.9. The van der Waals surface area contributed by atoms with E-state index in [9.17, 15) is 24.8 Å². The number of nitrogens with two attached hydrogens (primary N) is 2. The Morgan fingerprint density at radius 3 is 2.22 bits per heavy atom. The molecule has 242 valence electrons. The van der Waals surface area contributed by atoms with E-state index in [1.807, 2.05) is 0 Å². The number of thioether (sulfide) groups is 2. The Morgan fingerprint density at radius 2 is 1.49 bits per heavy atom. The molecule has 0 aliphatic carbocycles. The maximum Gasteiger partial charge on any atom is 0.325 e.